The van der Waals surface area contributed by atoms with Crippen LogP contribution in [0.3, 0.4) is 0 Å². The first-order chi connectivity index (χ1) is 14.2. The second-order valence-corrected chi connectivity index (χ2v) is 7.01. The molecule has 146 valence electrons. The van der Waals surface area contributed by atoms with Gasteiger partial charge in [0.2, 0.25) is 0 Å². The van der Waals surface area contributed by atoms with E-state index in [0.29, 0.717) is 24.5 Å². The average molecular weight is 450 g/mol. The summed E-state index contributed by atoms with van der Waals surface area (Å²) in [6, 6.07) is 23.1. The first kappa shape index (κ1) is 20.4. The van der Waals surface area contributed by atoms with Crippen LogP contribution in [0.1, 0.15) is 22.3 Å². The van der Waals surface area contributed by atoms with Crippen molar-refractivity contribution in [2.75, 3.05) is 7.11 Å². The molecule has 0 aliphatic carbocycles. The Morgan fingerprint density at radius 2 is 1.79 bits per heavy atom. The first-order valence-corrected chi connectivity index (χ1v) is 9.78. The number of nitrogens with zero attached hydrogens (tertiary/aromatic N) is 2. The molecule has 0 unspecified atom stereocenters. The fraction of sp³-hybridized carbons (Fsp3) is 0.130. The van der Waals surface area contributed by atoms with Gasteiger partial charge < -0.3 is 14.9 Å². The molecular weight excluding hydrogens is 430 g/mol. The standard InChI is InChI=1S/C23H20BrN3O2/c1-28-22-9-5-4-7-19(22)15-27-26-14-17-10-11-23(21(24)12-17)29-16-20-8-3-2-6-18(20)13-25/h2-12,14,27H,15-16H2,1H3/b26-14-. The molecule has 0 radical (unpaired) electrons. The molecule has 0 aliphatic rings. The van der Waals surface area contributed by atoms with Crippen molar-refractivity contribution < 1.29 is 9.47 Å². The number of ether oxygens (including phenoxy) is 2. The van der Waals surface area contributed by atoms with Crippen molar-refractivity contribution >= 4 is 22.1 Å². The topological polar surface area (TPSA) is 66.6 Å². The highest BCUT2D eigenvalue weighted by atomic mass is 79.9. The van der Waals surface area contributed by atoms with Gasteiger partial charge in [-0.3, -0.25) is 0 Å². The summed E-state index contributed by atoms with van der Waals surface area (Å²) in [5.41, 5.74) is 6.47. The second-order valence-electron chi connectivity index (χ2n) is 6.15. The van der Waals surface area contributed by atoms with E-state index in [0.717, 1.165) is 26.9 Å². The zero-order valence-electron chi connectivity index (χ0n) is 15.9. The molecule has 5 nitrogen and oxygen atoms in total. The quantitative estimate of drug-likeness (QED) is 0.386. The van der Waals surface area contributed by atoms with Gasteiger partial charge in [0, 0.05) is 11.1 Å². The van der Waals surface area contributed by atoms with Crippen molar-refractivity contribution in [1.29, 1.82) is 5.26 Å². The number of halogens is 1. The number of methoxy groups -OCH3 is 1. The van der Waals surface area contributed by atoms with Crippen LogP contribution in [0.4, 0.5) is 0 Å². The van der Waals surface area contributed by atoms with E-state index in [4.69, 9.17) is 14.7 Å². The van der Waals surface area contributed by atoms with Crippen molar-refractivity contribution in [2.24, 2.45) is 5.10 Å². The van der Waals surface area contributed by atoms with E-state index in [-0.39, 0.29) is 0 Å². The van der Waals surface area contributed by atoms with E-state index in [9.17, 15) is 0 Å². The number of hydrazone groups is 1. The number of hydrogen-bond donors (Lipinski definition) is 1. The van der Waals surface area contributed by atoms with Gasteiger partial charge in [-0.05, 0) is 51.8 Å². The number of nitriles is 1. The van der Waals surface area contributed by atoms with E-state index in [1.807, 2.05) is 60.7 Å². The third kappa shape index (κ3) is 5.59. The lowest BCUT2D eigenvalue weighted by Gasteiger charge is -2.10. The lowest BCUT2D eigenvalue weighted by molar-refractivity contribution is 0.304. The summed E-state index contributed by atoms with van der Waals surface area (Å²) >= 11 is 3.53. The van der Waals surface area contributed by atoms with Gasteiger partial charge in [-0.2, -0.15) is 10.4 Å². The van der Waals surface area contributed by atoms with E-state index in [1.54, 1.807) is 19.4 Å². The highest BCUT2D eigenvalue weighted by Crippen LogP contribution is 2.26. The Hall–Kier alpha value is -3.30. The molecule has 6 heteroatoms. The smallest absolute Gasteiger partial charge is 0.134 e. The Bertz CT molecular complexity index is 1040. The number of benzene rings is 3. The Kier molecular flexibility index (Phi) is 7.26. The van der Waals surface area contributed by atoms with Crippen molar-refractivity contribution in [2.45, 2.75) is 13.2 Å². The molecular formula is C23H20BrN3O2. The zero-order chi connectivity index (χ0) is 20.5. The largest absolute Gasteiger partial charge is 0.496 e. The van der Waals surface area contributed by atoms with E-state index < -0.39 is 0 Å². The van der Waals surface area contributed by atoms with Crippen molar-refractivity contribution in [3.05, 3.63) is 93.5 Å². The van der Waals surface area contributed by atoms with Crippen molar-refractivity contribution in [3.63, 3.8) is 0 Å². The van der Waals surface area contributed by atoms with Gasteiger partial charge in [0.05, 0.1) is 36.0 Å². The van der Waals surface area contributed by atoms with Crippen molar-refractivity contribution in [1.82, 2.24) is 5.43 Å². The van der Waals surface area contributed by atoms with E-state index in [2.05, 4.69) is 32.5 Å². The summed E-state index contributed by atoms with van der Waals surface area (Å²) < 4.78 is 12.0. The van der Waals surface area contributed by atoms with Crippen LogP contribution in [0.5, 0.6) is 11.5 Å². The van der Waals surface area contributed by atoms with E-state index >= 15 is 0 Å². The Morgan fingerprint density at radius 1 is 1.03 bits per heavy atom. The van der Waals surface area contributed by atoms with Crippen LogP contribution in [-0.4, -0.2) is 13.3 Å². The lowest BCUT2D eigenvalue weighted by atomic mass is 10.1. The maximum Gasteiger partial charge on any atom is 0.134 e. The summed E-state index contributed by atoms with van der Waals surface area (Å²) in [4.78, 5) is 0. The number of hydrogen-bond acceptors (Lipinski definition) is 5. The Labute approximate surface area is 178 Å². The fourth-order valence-corrected chi connectivity index (χ4v) is 3.24. The van der Waals surface area contributed by atoms with Crippen LogP contribution in [0.15, 0.2) is 76.3 Å². The molecule has 0 atom stereocenters. The van der Waals surface area contributed by atoms with Gasteiger partial charge in [0.25, 0.3) is 0 Å². The minimum absolute atomic E-state index is 0.330. The predicted octanol–water partition coefficient (Wildman–Crippen LogP) is 5.03. The summed E-state index contributed by atoms with van der Waals surface area (Å²) in [5, 5.41) is 13.4. The maximum absolute atomic E-state index is 9.17. The van der Waals surface area contributed by atoms with E-state index in [1.165, 1.54) is 0 Å². The summed E-state index contributed by atoms with van der Waals surface area (Å²) in [6.07, 6.45) is 1.74. The molecule has 3 aromatic rings. The second kappa shape index (κ2) is 10.3. The molecule has 3 rings (SSSR count). The van der Waals surface area contributed by atoms with Crippen LogP contribution >= 0.6 is 15.9 Å². The average Bonchev–Trinajstić information content (AvgIpc) is 2.76. The highest BCUT2D eigenvalue weighted by molar-refractivity contribution is 9.10. The van der Waals surface area contributed by atoms with Gasteiger partial charge in [0.1, 0.15) is 18.1 Å². The molecule has 0 bridgehead atoms. The van der Waals surface area contributed by atoms with Crippen LogP contribution in [0.25, 0.3) is 0 Å². The number of rotatable bonds is 8. The van der Waals surface area contributed by atoms with Gasteiger partial charge in [0.15, 0.2) is 0 Å². The molecule has 1 N–H and O–H groups in total. The first-order valence-electron chi connectivity index (χ1n) is 8.99. The lowest BCUT2D eigenvalue weighted by Crippen LogP contribution is -2.06. The minimum atomic E-state index is 0.330. The zero-order valence-corrected chi connectivity index (χ0v) is 17.5. The summed E-state index contributed by atoms with van der Waals surface area (Å²) in [7, 11) is 1.65. The van der Waals surface area contributed by atoms with Crippen LogP contribution in [0, 0.1) is 11.3 Å². The van der Waals surface area contributed by atoms with Crippen LogP contribution in [0.2, 0.25) is 0 Å². The predicted molar refractivity (Wildman–Crippen MR) is 117 cm³/mol. The highest BCUT2D eigenvalue weighted by Gasteiger charge is 2.05. The molecule has 0 fully saturated rings. The monoisotopic (exact) mass is 449 g/mol. The molecule has 0 saturated carbocycles. The normalized spacial score (nSPS) is 10.5. The number of para-hydroxylation sites is 1. The molecule has 0 heterocycles. The van der Waals surface area contributed by atoms with Gasteiger partial charge in [-0.15, -0.1) is 0 Å². The molecule has 0 aliphatic heterocycles. The third-order valence-corrected chi connectivity index (χ3v) is 4.86. The molecule has 0 spiro atoms. The molecule has 3 aromatic carbocycles. The summed E-state index contributed by atoms with van der Waals surface area (Å²) in [5.74, 6) is 1.54. The third-order valence-electron chi connectivity index (χ3n) is 4.24. The number of nitrogens with one attached hydrogen (secondary N) is 1. The summed E-state index contributed by atoms with van der Waals surface area (Å²) in [6.45, 7) is 0.900. The fourth-order valence-electron chi connectivity index (χ4n) is 2.73. The Morgan fingerprint density at radius 3 is 2.55 bits per heavy atom. The van der Waals surface area contributed by atoms with Crippen LogP contribution < -0.4 is 14.9 Å². The van der Waals surface area contributed by atoms with Crippen LogP contribution in [-0.2, 0) is 13.2 Å². The molecule has 0 saturated heterocycles. The minimum Gasteiger partial charge on any atom is -0.496 e. The molecule has 0 amide bonds. The molecule has 29 heavy (non-hydrogen) atoms. The van der Waals surface area contributed by atoms with Crippen molar-refractivity contribution in [3.8, 4) is 17.6 Å². The maximum atomic E-state index is 9.17. The molecule has 0 aromatic heterocycles. The van der Waals surface area contributed by atoms with Gasteiger partial charge in [-0.25, -0.2) is 0 Å². The SMILES string of the molecule is COc1ccccc1CN/N=C\c1ccc(OCc2ccccc2C#N)c(Br)c1. The van der Waals surface area contributed by atoms with Gasteiger partial charge in [-0.1, -0.05) is 36.4 Å². The Balaban J connectivity index is 1.58. The van der Waals surface area contributed by atoms with Gasteiger partial charge >= 0.3 is 0 Å².